The second-order valence-corrected chi connectivity index (χ2v) is 5.20. The van der Waals surface area contributed by atoms with Crippen LogP contribution < -0.4 is 4.74 Å². The Balaban J connectivity index is 3.21. The van der Waals surface area contributed by atoms with Gasteiger partial charge in [0, 0.05) is 6.26 Å². The molecule has 0 N–H and O–H groups in total. The molecule has 0 saturated carbocycles. The lowest BCUT2D eigenvalue weighted by molar-refractivity contribution is 0.339. The Bertz CT molecular complexity index is 421. The van der Waals surface area contributed by atoms with Crippen LogP contribution in [0.2, 0.25) is 0 Å². The lowest BCUT2D eigenvalue weighted by Gasteiger charge is -2.06. The molecular formula is C10H14O3S. The molecule has 0 heterocycles. The molecular weight excluding hydrogens is 200 g/mol. The summed E-state index contributed by atoms with van der Waals surface area (Å²) in [6.07, 6.45) is 1.19. The van der Waals surface area contributed by atoms with Gasteiger partial charge in [-0.15, -0.1) is 0 Å². The molecule has 1 aromatic rings. The Kier molecular flexibility index (Phi) is 3.16. The quantitative estimate of drug-likeness (QED) is 0.770. The third kappa shape index (κ3) is 2.73. The monoisotopic (exact) mass is 214 g/mol. The summed E-state index contributed by atoms with van der Waals surface area (Å²) >= 11 is 0. The van der Waals surface area contributed by atoms with Crippen LogP contribution in [0.25, 0.3) is 0 Å². The molecule has 1 rings (SSSR count). The van der Waals surface area contributed by atoms with E-state index >= 15 is 0 Å². The first-order chi connectivity index (χ1) is 6.43. The zero-order chi connectivity index (χ0) is 10.8. The van der Waals surface area contributed by atoms with E-state index in [2.05, 4.69) is 0 Å². The molecule has 4 heteroatoms. The number of hydrogen-bond acceptors (Lipinski definition) is 3. The van der Waals surface area contributed by atoms with Crippen LogP contribution in [-0.4, -0.2) is 21.3 Å². The summed E-state index contributed by atoms with van der Waals surface area (Å²) in [5, 5.41) is 0. The van der Waals surface area contributed by atoms with E-state index in [1.54, 1.807) is 12.1 Å². The number of benzene rings is 1. The van der Waals surface area contributed by atoms with Gasteiger partial charge in [0.25, 0.3) is 0 Å². The molecule has 0 spiro atoms. The smallest absolute Gasteiger partial charge is 0.175 e. The van der Waals surface area contributed by atoms with Crippen LogP contribution in [0.4, 0.5) is 0 Å². The van der Waals surface area contributed by atoms with E-state index in [4.69, 9.17) is 4.74 Å². The molecule has 3 nitrogen and oxygen atoms in total. The molecule has 0 saturated heterocycles. The summed E-state index contributed by atoms with van der Waals surface area (Å²) in [7, 11) is -3.15. The highest BCUT2D eigenvalue weighted by Gasteiger charge is 2.09. The van der Waals surface area contributed by atoms with E-state index in [1.165, 1.54) is 6.26 Å². The zero-order valence-electron chi connectivity index (χ0n) is 8.57. The second-order valence-electron chi connectivity index (χ2n) is 3.19. The van der Waals surface area contributed by atoms with Gasteiger partial charge in [-0.2, -0.15) is 0 Å². The maximum Gasteiger partial charge on any atom is 0.175 e. The first-order valence-electron chi connectivity index (χ1n) is 4.38. The van der Waals surface area contributed by atoms with Crippen molar-refractivity contribution in [2.24, 2.45) is 0 Å². The van der Waals surface area contributed by atoms with Crippen molar-refractivity contribution in [3.8, 4) is 5.75 Å². The summed E-state index contributed by atoms with van der Waals surface area (Å²) in [5.41, 5.74) is 0.886. The van der Waals surface area contributed by atoms with Crippen molar-refractivity contribution in [3.05, 3.63) is 23.8 Å². The number of rotatable bonds is 3. The summed E-state index contributed by atoms with van der Waals surface area (Å²) in [6, 6.07) is 5.00. The number of aryl methyl sites for hydroxylation is 1. The van der Waals surface area contributed by atoms with E-state index in [-0.39, 0.29) is 0 Å². The maximum absolute atomic E-state index is 11.3. The largest absolute Gasteiger partial charge is 0.494 e. The Morgan fingerprint density at radius 3 is 2.43 bits per heavy atom. The zero-order valence-corrected chi connectivity index (χ0v) is 9.39. The minimum atomic E-state index is -3.15. The second kappa shape index (κ2) is 4.00. The van der Waals surface area contributed by atoms with Crippen molar-refractivity contribution in [1.29, 1.82) is 0 Å². The van der Waals surface area contributed by atoms with Crippen molar-refractivity contribution < 1.29 is 13.2 Å². The van der Waals surface area contributed by atoms with E-state index in [1.807, 2.05) is 19.9 Å². The minimum Gasteiger partial charge on any atom is -0.494 e. The van der Waals surface area contributed by atoms with Gasteiger partial charge in [-0.05, 0) is 37.6 Å². The average molecular weight is 214 g/mol. The topological polar surface area (TPSA) is 43.4 Å². The van der Waals surface area contributed by atoms with Crippen LogP contribution in [0.15, 0.2) is 23.1 Å². The molecule has 0 unspecified atom stereocenters. The molecule has 0 aromatic heterocycles. The Hall–Kier alpha value is -1.03. The molecule has 0 aliphatic heterocycles. The summed E-state index contributed by atoms with van der Waals surface area (Å²) in [6.45, 7) is 4.24. The molecule has 0 bridgehead atoms. The van der Waals surface area contributed by atoms with Gasteiger partial charge in [0.1, 0.15) is 5.75 Å². The van der Waals surface area contributed by atoms with Crippen LogP contribution in [-0.2, 0) is 9.84 Å². The minimum absolute atomic E-state index is 0.306. The van der Waals surface area contributed by atoms with E-state index < -0.39 is 9.84 Å². The highest BCUT2D eigenvalue weighted by molar-refractivity contribution is 7.90. The number of sulfone groups is 1. The lowest BCUT2D eigenvalue weighted by Crippen LogP contribution is -1.99. The predicted octanol–water partition coefficient (Wildman–Crippen LogP) is 1.80. The average Bonchev–Trinajstić information content (AvgIpc) is 2.02. The van der Waals surface area contributed by atoms with Crippen molar-refractivity contribution in [2.45, 2.75) is 18.7 Å². The normalized spacial score (nSPS) is 11.4. The molecule has 0 aliphatic rings. The summed E-state index contributed by atoms with van der Waals surface area (Å²) < 4.78 is 27.8. The molecule has 1 aromatic carbocycles. The van der Waals surface area contributed by atoms with Crippen LogP contribution in [0, 0.1) is 6.92 Å². The van der Waals surface area contributed by atoms with Gasteiger partial charge in [0.15, 0.2) is 9.84 Å². The SMILES string of the molecule is CCOc1cc(C)cc(S(C)(=O)=O)c1. The summed E-state index contributed by atoms with van der Waals surface area (Å²) in [4.78, 5) is 0.306. The highest BCUT2D eigenvalue weighted by atomic mass is 32.2. The van der Waals surface area contributed by atoms with E-state index in [0.29, 0.717) is 17.3 Å². The Morgan fingerprint density at radius 2 is 1.93 bits per heavy atom. The molecule has 0 aliphatic carbocycles. The van der Waals surface area contributed by atoms with Crippen molar-refractivity contribution >= 4 is 9.84 Å². The number of hydrogen-bond donors (Lipinski definition) is 0. The van der Waals surface area contributed by atoms with Gasteiger partial charge in [0.05, 0.1) is 11.5 Å². The third-order valence-electron chi connectivity index (χ3n) is 1.76. The van der Waals surface area contributed by atoms with Gasteiger partial charge in [-0.25, -0.2) is 8.42 Å². The highest BCUT2D eigenvalue weighted by Crippen LogP contribution is 2.20. The van der Waals surface area contributed by atoms with Crippen LogP contribution >= 0.6 is 0 Å². The third-order valence-corrected chi connectivity index (χ3v) is 2.86. The first kappa shape index (κ1) is 11.0. The van der Waals surface area contributed by atoms with Crippen LogP contribution in [0.1, 0.15) is 12.5 Å². The van der Waals surface area contributed by atoms with Crippen molar-refractivity contribution in [2.75, 3.05) is 12.9 Å². The molecule has 0 amide bonds. The first-order valence-corrected chi connectivity index (χ1v) is 6.27. The predicted molar refractivity (Wildman–Crippen MR) is 55.5 cm³/mol. The van der Waals surface area contributed by atoms with E-state index in [0.717, 1.165) is 5.56 Å². The Labute approximate surface area is 84.6 Å². The van der Waals surface area contributed by atoms with Gasteiger partial charge in [0.2, 0.25) is 0 Å². The van der Waals surface area contributed by atoms with Gasteiger partial charge in [-0.1, -0.05) is 0 Å². The summed E-state index contributed by atoms with van der Waals surface area (Å²) in [5.74, 6) is 0.605. The molecule has 0 atom stereocenters. The van der Waals surface area contributed by atoms with Gasteiger partial charge in [-0.3, -0.25) is 0 Å². The fraction of sp³-hybridized carbons (Fsp3) is 0.400. The van der Waals surface area contributed by atoms with Crippen molar-refractivity contribution in [3.63, 3.8) is 0 Å². The molecule has 0 radical (unpaired) electrons. The van der Waals surface area contributed by atoms with Crippen LogP contribution in [0.3, 0.4) is 0 Å². The van der Waals surface area contributed by atoms with Crippen LogP contribution in [0.5, 0.6) is 5.75 Å². The van der Waals surface area contributed by atoms with Crippen molar-refractivity contribution in [1.82, 2.24) is 0 Å². The molecule has 14 heavy (non-hydrogen) atoms. The molecule has 78 valence electrons. The lowest BCUT2D eigenvalue weighted by atomic mass is 10.2. The van der Waals surface area contributed by atoms with E-state index in [9.17, 15) is 8.42 Å². The standard InChI is InChI=1S/C10H14O3S/c1-4-13-9-5-8(2)6-10(7-9)14(3,11)12/h5-7H,4H2,1-3H3. The van der Waals surface area contributed by atoms with Gasteiger partial charge < -0.3 is 4.74 Å². The number of ether oxygens (including phenoxy) is 1. The maximum atomic E-state index is 11.3. The fourth-order valence-electron chi connectivity index (χ4n) is 1.18. The molecule has 0 fully saturated rings. The fourth-order valence-corrected chi connectivity index (χ4v) is 1.91. The van der Waals surface area contributed by atoms with Gasteiger partial charge >= 0.3 is 0 Å². The Morgan fingerprint density at radius 1 is 1.29 bits per heavy atom.